The zero-order chi connectivity index (χ0) is 17.5. The van der Waals surface area contributed by atoms with E-state index in [-0.39, 0.29) is 5.82 Å². The van der Waals surface area contributed by atoms with Crippen molar-refractivity contribution in [2.45, 2.75) is 33.1 Å². The highest BCUT2D eigenvalue weighted by molar-refractivity contribution is 7.80. The van der Waals surface area contributed by atoms with Crippen molar-refractivity contribution in [3.8, 4) is 0 Å². The van der Waals surface area contributed by atoms with Crippen LogP contribution in [-0.2, 0) is 0 Å². The highest BCUT2D eigenvalue weighted by Crippen LogP contribution is 2.17. The molecular formula is C19H22FN3S. The predicted molar refractivity (Wildman–Crippen MR) is 103 cm³/mol. The van der Waals surface area contributed by atoms with Gasteiger partial charge in [-0.2, -0.15) is 5.10 Å². The van der Waals surface area contributed by atoms with Crippen LogP contribution < -0.4 is 10.7 Å². The molecule has 0 radical (unpaired) electrons. The molecule has 0 saturated heterocycles. The number of hydrogen-bond acceptors (Lipinski definition) is 2. The molecule has 0 aliphatic carbocycles. The molecule has 2 N–H and O–H groups in total. The molecule has 5 heteroatoms. The number of hydrogen-bond donors (Lipinski definition) is 2. The number of nitrogens with one attached hydrogen (secondary N) is 2. The second-order valence-electron chi connectivity index (χ2n) is 5.76. The van der Waals surface area contributed by atoms with Crippen LogP contribution in [0.4, 0.5) is 10.1 Å². The first-order chi connectivity index (χ1) is 11.5. The van der Waals surface area contributed by atoms with Gasteiger partial charge in [0.1, 0.15) is 5.82 Å². The van der Waals surface area contributed by atoms with Crippen molar-refractivity contribution >= 4 is 28.7 Å². The van der Waals surface area contributed by atoms with E-state index in [2.05, 4.69) is 41.8 Å². The quantitative estimate of drug-likeness (QED) is 0.453. The summed E-state index contributed by atoms with van der Waals surface area (Å²) in [4.78, 5) is 0. The van der Waals surface area contributed by atoms with Crippen LogP contribution in [0, 0.1) is 5.82 Å². The molecule has 0 fully saturated rings. The second kappa shape index (κ2) is 8.55. The van der Waals surface area contributed by atoms with Crippen molar-refractivity contribution in [2.24, 2.45) is 5.10 Å². The highest BCUT2D eigenvalue weighted by atomic mass is 32.1. The van der Waals surface area contributed by atoms with Crippen LogP contribution in [0.1, 0.15) is 44.2 Å². The lowest BCUT2D eigenvalue weighted by Crippen LogP contribution is -2.25. The van der Waals surface area contributed by atoms with Gasteiger partial charge in [-0.15, -0.1) is 0 Å². The Labute approximate surface area is 148 Å². The molecule has 2 aromatic carbocycles. The number of thiocarbonyl (C=S) groups is 1. The van der Waals surface area contributed by atoms with Gasteiger partial charge in [-0.3, -0.25) is 5.43 Å². The summed E-state index contributed by atoms with van der Waals surface area (Å²) in [6.45, 7) is 6.31. The maximum Gasteiger partial charge on any atom is 0.191 e. The van der Waals surface area contributed by atoms with E-state index in [0.29, 0.717) is 17.5 Å². The van der Waals surface area contributed by atoms with Crippen molar-refractivity contribution in [1.29, 1.82) is 0 Å². The zero-order valence-electron chi connectivity index (χ0n) is 14.1. The van der Waals surface area contributed by atoms with Crippen LogP contribution in [-0.4, -0.2) is 10.8 Å². The molecule has 3 nitrogen and oxygen atoms in total. The average Bonchev–Trinajstić information content (AvgIpc) is 2.57. The van der Waals surface area contributed by atoms with Crippen molar-refractivity contribution in [1.82, 2.24) is 5.43 Å². The fraction of sp³-hybridized carbons (Fsp3) is 0.263. The van der Waals surface area contributed by atoms with E-state index in [4.69, 9.17) is 12.2 Å². The van der Waals surface area contributed by atoms with E-state index in [1.54, 1.807) is 12.1 Å². The highest BCUT2D eigenvalue weighted by Gasteiger charge is 2.03. The first-order valence-electron chi connectivity index (χ1n) is 7.99. The Bertz CT molecular complexity index is 706. The molecular weight excluding hydrogens is 321 g/mol. The van der Waals surface area contributed by atoms with Gasteiger partial charge in [-0.25, -0.2) is 4.39 Å². The SMILES string of the molecule is CC/C(=N\NC(=S)Nc1ccc(C(C)C)cc1)c1ccc(F)cc1. The normalized spacial score (nSPS) is 11.5. The summed E-state index contributed by atoms with van der Waals surface area (Å²) in [6, 6.07) is 14.4. The number of anilines is 1. The minimum absolute atomic E-state index is 0.260. The standard InChI is InChI=1S/C19H22FN3S/c1-4-18(15-5-9-16(20)10-6-15)22-23-19(24)21-17-11-7-14(8-12-17)13(2)3/h5-13H,4H2,1-3H3,(H2,21,23,24)/b22-18+. The van der Waals surface area contributed by atoms with Crippen molar-refractivity contribution in [3.63, 3.8) is 0 Å². The van der Waals surface area contributed by atoms with Gasteiger partial charge in [0.15, 0.2) is 5.11 Å². The van der Waals surface area contributed by atoms with Crippen LogP contribution in [0.15, 0.2) is 53.6 Å². The van der Waals surface area contributed by atoms with Gasteiger partial charge in [-0.1, -0.05) is 45.0 Å². The van der Waals surface area contributed by atoms with Crippen LogP contribution in [0.5, 0.6) is 0 Å². The fourth-order valence-corrected chi connectivity index (χ4v) is 2.38. The van der Waals surface area contributed by atoms with Gasteiger partial charge in [0, 0.05) is 5.69 Å². The zero-order valence-corrected chi connectivity index (χ0v) is 15.0. The molecule has 0 atom stereocenters. The summed E-state index contributed by atoms with van der Waals surface area (Å²) in [5.74, 6) is 0.237. The molecule has 24 heavy (non-hydrogen) atoms. The summed E-state index contributed by atoms with van der Waals surface area (Å²) < 4.78 is 13.0. The number of benzene rings is 2. The molecule has 0 amide bonds. The molecule has 0 aromatic heterocycles. The lowest BCUT2D eigenvalue weighted by atomic mass is 10.0. The van der Waals surface area contributed by atoms with Crippen LogP contribution in [0.2, 0.25) is 0 Å². The Balaban J connectivity index is 1.98. The first-order valence-corrected chi connectivity index (χ1v) is 8.40. The van der Waals surface area contributed by atoms with Gasteiger partial charge >= 0.3 is 0 Å². The number of halogens is 1. The van der Waals surface area contributed by atoms with E-state index in [1.165, 1.54) is 17.7 Å². The van der Waals surface area contributed by atoms with E-state index in [1.807, 2.05) is 19.1 Å². The predicted octanol–water partition coefficient (Wildman–Crippen LogP) is 5.05. The topological polar surface area (TPSA) is 36.4 Å². The first kappa shape index (κ1) is 18.1. The largest absolute Gasteiger partial charge is 0.331 e. The van der Waals surface area contributed by atoms with Crippen LogP contribution in [0.3, 0.4) is 0 Å². The van der Waals surface area contributed by atoms with Crippen molar-refractivity contribution < 1.29 is 4.39 Å². The molecule has 0 aliphatic heterocycles. The fourth-order valence-electron chi connectivity index (χ4n) is 2.22. The van der Waals surface area contributed by atoms with E-state index in [9.17, 15) is 4.39 Å². The van der Waals surface area contributed by atoms with E-state index >= 15 is 0 Å². The van der Waals surface area contributed by atoms with E-state index in [0.717, 1.165) is 17.0 Å². The Kier molecular flexibility index (Phi) is 6.44. The summed E-state index contributed by atoms with van der Waals surface area (Å²) in [5, 5.41) is 7.84. The number of nitrogens with zero attached hydrogens (tertiary/aromatic N) is 1. The van der Waals surface area contributed by atoms with Gasteiger partial charge in [0.25, 0.3) is 0 Å². The second-order valence-corrected chi connectivity index (χ2v) is 6.17. The molecule has 2 rings (SSSR count). The summed E-state index contributed by atoms with van der Waals surface area (Å²) >= 11 is 5.27. The maximum absolute atomic E-state index is 13.0. The minimum Gasteiger partial charge on any atom is -0.331 e. The summed E-state index contributed by atoms with van der Waals surface area (Å²) in [5.41, 5.74) is 6.72. The Hall–Kier alpha value is -2.27. The molecule has 0 spiro atoms. The summed E-state index contributed by atoms with van der Waals surface area (Å²) in [6.07, 6.45) is 0.713. The molecule has 0 bridgehead atoms. The summed E-state index contributed by atoms with van der Waals surface area (Å²) in [7, 11) is 0. The maximum atomic E-state index is 13.0. The monoisotopic (exact) mass is 343 g/mol. The number of hydrazone groups is 1. The molecule has 0 unspecified atom stereocenters. The average molecular weight is 343 g/mol. The Morgan fingerprint density at radius 2 is 1.71 bits per heavy atom. The third-order valence-electron chi connectivity index (χ3n) is 3.64. The minimum atomic E-state index is -0.260. The molecule has 0 saturated carbocycles. The molecule has 126 valence electrons. The van der Waals surface area contributed by atoms with Crippen LogP contribution in [0.25, 0.3) is 0 Å². The number of rotatable bonds is 5. The Morgan fingerprint density at radius 1 is 1.08 bits per heavy atom. The lowest BCUT2D eigenvalue weighted by molar-refractivity contribution is 0.627. The third kappa shape index (κ3) is 5.13. The van der Waals surface area contributed by atoms with E-state index < -0.39 is 0 Å². The van der Waals surface area contributed by atoms with Gasteiger partial charge < -0.3 is 5.32 Å². The Morgan fingerprint density at radius 3 is 2.25 bits per heavy atom. The van der Waals surface area contributed by atoms with Crippen molar-refractivity contribution in [2.75, 3.05) is 5.32 Å². The smallest absolute Gasteiger partial charge is 0.191 e. The third-order valence-corrected chi connectivity index (χ3v) is 3.83. The van der Waals surface area contributed by atoms with Gasteiger partial charge in [0.05, 0.1) is 5.71 Å². The lowest BCUT2D eigenvalue weighted by Gasteiger charge is -2.11. The van der Waals surface area contributed by atoms with Crippen molar-refractivity contribution in [3.05, 3.63) is 65.5 Å². The van der Waals surface area contributed by atoms with Gasteiger partial charge in [0.2, 0.25) is 0 Å². The van der Waals surface area contributed by atoms with Crippen LogP contribution >= 0.6 is 12.2 Å². The molecule has 0 heterocycles. The van der Waals surface area contributed by atoms with Gasteiger partial charge in [-0.05, 0) is 59.9 Å². The molecule has 2 aromatic rings. The molecule has 0 aliphatic rings.